The second-order valence-corrected chi connectivity index (χ2v) is 5.34. The molecule has 0 bridgehead atoms. The molecule has 0 aliphatic heterocycles. The van der Waals surface area contributed by atoms with Crippen molar-refractivity contribution in [2.45, 2.75) is 10.6 Å². The van der Waals surface area contributed by atoms with Crippen LogP contribution in [0.1, 0.15) is 5.56 Å². The van der Waals surface area contributed by atoms with E-state index in [1.165, 1.54) is 0 Å². The lowest BCUT2D eigenvalue weighted by molar-refractivity contribution is 0.682. The van der Waals surface area contributed by atoms with Gasteiger partial charge in [0.05, 0.1) is 26.5 Å². The number of anilines is 1. The molecular formula is C12H11ClN2OS. The summed E-state index contributed by atoms with van der Waals surface area (Å²) in [7, 11) is -1.17. The Morgan fingerprint density at radius 2 is 2.00 bits per heavy atom. The van der Waals surface area contributed by atoms with Crippen LogP contribution in [0.25, 0.3) is 0 Å². The molecule has 2 aromatic rings. The summed E-state index contributed by atoms with van der Waals surface area (Å²) in [5.74, 6) is 0.842. The zero-order valence-corrected chi connectivity index (χ0v) is 10.5. The van der Waals surface area contributed by atoms with Crippen molar-refractivity contribution in [1.82, 2.24) is 4.98 Å². The van der Waals surface area contributed by atoms with E-state index in [9.17, 15) is 4.21 Å². The van der Waals surface area contributed by atoms with Crippen molar-refractivity contribution >= 4 is 28.2 Å². The third-order valence-electron chi connectivity index (χ3n) is 2.23. The molecule has 0 aliphatic rings. The normalized spacial score (nSPS) is 12.3. The fraction of sp³-hybridized carbons (Fsp3) is 0.0833. The molecule has 0 saturated carbocycles. The third-order valence-corrected chi connectivity index (χ3v) is 4.11. The quantitative estimate of drug-likeness (QED) is 0.929. The molecule has 17 heavy (non-hydrogen) atoms. The third kappa shape index (κ3) is 3.05. The highest BCUT2D eigenvalue weighted by molar-refractivity contribution is 7.84. The number of benzene rings is 1. The smallest absolute Gasteiger partial charge is 0.123 e. The highest BCUT2D eigenvalue weighted by Crippen LogP contribution is 2.21. The van der Waals surface area contributed by atoms with Gasteiger partial charge in [0, 0.05) is 6.20 Å². The van der Waals surface area contributed by atoms with E-state index in [2.05, 4.69) is 4.98 Å². The summed E-state index contributed by atoms with van der Waals surface area (Å²) in [6.07, 6.45) is 1.63. The first-order valence-corrected chi connectivity index (χ1v) is 6.70. The standard InChI is InChI=1S/C12H11ClN2OS/c13-10-3-1-2-4-11(10)17(16)8-9-5-6-12(14)15-7-9/h1-7H,8H2,(H2,14,15). The van der Waals surface area contributed by atoms with E-state index in [0.717, 1.165) is 5.56 Å². The first-order chi connectivity index (χ1) is 8.16. The van der Waals surface area contributed by atoms with Crippen LogP contribution in [0.15, 0.2) is 47.5 Å². The Labute approximate surface area is 107 Å². The molecule has 1 atom stereocenters. The van der Waals surface area contributed by atoms with Crippen LogP contribution in [0.4, 0.5) is 5.82 Å². The van der Waals surface area contributed by atoms with E-state index in [1.807, 2.05) is 18.2 Å². The van der Waals surface area contributed by atoms with Crippen molar-refractivity contribution < 1.29 is 4.21 Å². The topological polar surface area (TPSA) is 56.0 Å². The zero-order valence-electron chi connectivity index (χ0n) is 8.97. The summed E-state index contributed by atoms with van der Waals surface area (Å²) in [6.45, 7) is 0. The minimum absolute atomic E-state index is 0.386. The highest BCUT2D eigenvalue weighted by atomic mass is 35.5. The van der Waals surface area contributed by atoms with Gasteiger partial charge in [0.1, 0.15) is 5.82 Å². The molecule has 2 N–H and O–H groups in total. The van der Waals surface area contributed by atoms with Crippen LogP contribution in [-0.4, -0.2) is 9.19 Å². The molecular weight excluding hydrogens is 256 g/mol. The Bertz CT molecular complexity index is 542. The predicted molar refractivity (Wildman–Crippen MR) is 70.2 cm³/mol. The Morgan fingerprint density at radius 1 is 1.24 bits per heavy atom. The molecule has 0 spiro atoms. The molecule has 3 nitrogen and oxygen atoms in total. The van der Waals surface area contributed by atoms with Crippen LogP contribution in [0.3, 0.4) is 0 Å². The maximum absolute atomic E-state index is 12.1. The van der Waals surface area contributed by atoms with Crippen LogP contribution in [0.5, 0.6) is 0 Å². The maximum Gasteiger partial charge on any atom is 0.123 e. The number of rotatable bonds is 3. The van der Waals surface area contributed by atoms with Gasteiger partial charge in [0.15, 0.2) is 0 Å². The van der Waals surface area contributed by atoms with Crippen molar-refractivity contribution in [3.63, 3.8) is 0 Å². The molecule has 1 heterocycles. The summed E-state index contributed by atoms with van der Waals surface area (Å²) >= 11 is 5.98. The van der Waals surface area contributed by atoms with Crippen molar-refractivity contribution in [2.75, 3.05) is 5.73 Å². The average molecular weight is 267 g/mol. The monoisotopic (exact) mass is 266 g/mol. The van der Waals surface area contributed by atoms with Gasteiger partial charge in [0.25, 0.3) is 0 Å². The van der Waals surface area contributed by atoms with Crippen molar-refractivity contribution in [1.29, 1.82) is 0 Å². The Balaban J connectivity index is 2.17. The minimum Gasteiger partial charge on any atom is -0.384 e. The highest BCUT2D eigenvalue weighted by Gasteiger charge is 2.08. The molecule has 5 heteroatoms. The summed E-state index contributed by atoms with van der Waals surface area (Å²) in [5, 5.41) is 0.522. The van der Waals surface area contributed by atoms with Gasteiger partial charge in [-0.2, -0.15) is 0 Å². The zero-order chi connectivity index (χ0) is 12.3. The molecule has 0 saturated heterocycles. The van der Waals surface area contributed by atoms with E-state index in [4.69, 9.17) is 17.3 Å². The van der Waals surface area contributed by atoms with E-state index < -0.39 is 10.8 Å². The minimum atomic E-state index is -1.17. The van der Waals surface area contributed by atoms with E-state index in [1.54, 1.807) is 24.4 Å². The maximum atomic E-state index is 12.1. The average Bonchev–Trinajstić information content (AvgIpc) is 2.32. The van der Waals surface area contributed by atoms with Crippen molar-refractivity contribution in [3.05, 3.63) is 53.2 Å². The number of pyridine rings is 1. The van der Waals surface area contributed by atoms with Crippen molar-refractivity contribution in [2.24, 2.45) is 0 Å². The van der Waals surface area contributed by atoms with Crippen LogP contribution in [-0.2, 0) is 16.6 Å². The lowest BCUT2D eigenvalue weighted by atomic mass is 10.3. The SMILES string of the molecule is Nc1ccc(CS(=O)c2ccccc2Cl)cn1. The number of nitrogens with zero attached hydrogens (tertiary/aromatic N) is 1. The fourth-order valence-corrected chi connectivity index (χ4v) is 2.92. The largest absolute Gasteiger partial charge is 0.384 e. The lowest BCUT2D eigenvalue weighted by Gasteiger charge is -2.04. The second-order valence-electron chi connectivity index (χ2n) is 3.51. The van der Waals surface area contributed by atoms with E-state index >= 15 is 0 Å². The van der Waals surface area contributed by atoms with Crippen LogP contribution < -0.4 is 5.73 Å². The summed E-state index contributed by atoms with van der Waals surface area (Å²) in [4.78, 5) is 4.60. The van der Waals surface area contributed by atoms with Gasteiger partial charge in [-0.15, -0.1) is 0 Å². The molecule has 0 fully saturated rings. The molecule has 0 radical (unpaired) electrons. The fourth-order valence-electron chi connectivity index (χ4n) is 1.38. The number of hydrogen-bond acceptors (Lipinski definition) is 3. The van der Waals surface area contributed by atoms with Gasteiger partial charge in [-0.25, -0.2) is 4.98 Å². The van der Waals surface area contributed by atoms with E-state index in [0.29, 0.717) is 21.5 Å². The first-order valence-electron chi connectivity index (χ1n) is 5.00. The molecule has 0 amide bonds. The van der Waals surface area contributed by atoms with Crippen molar-refractivity contribution in [3.8, 4) is 0 Å². The predicted octanol–water partition coefficient (Wildman–Crippen LogP) is 2.63. The van der Waals surface area contributed by atoms with Gasteiger partial charge < -0.3 is 5.73 Å². The lowest BCUT2D eigenvalue weighted by Crippen LogP contribution is -1.98. The molecule has 1 unspecified atom stereocenters. The first kappa shape index (κ1) is 12.1. The van der Waals surface area contributed by atoms with Gasteiger partial charge in [-0.05, 0) is 23.8 Å². The molecule has 2 rings (SSSR count). The Morgan fingerprint density at radius 3 is 2.65 bits per heavy atom. The second kappa shape index (κ2) is 5.29. The van der Waals surface area contributed by atoms with Gasteiger partial charge in [-0.1, -0.05) is 29.8 Å². The number of aromatic nitrogens is 1. The number of nitrogens with two attached hydrogens (primary N) is 1. The number of halogens is 1. The van der Waals surface area contributed by atoms with Crippen LogP contribution >= 0.6 is 11.6 Å². The van der Waals surface area contributed by atoms with Gasteiger partial charge in [0.2, 0.25) is 0 Å². The van der Waals surface area contributed by atoms with Crippen LogP contribution in [0.2, 0.25) is 5.02 Å². The number of hydrogen-bond donors (Lipinski definition) is 1. The molecule has 88 valence electrons. The summed E-state index contributed by atoms with van der Waals surface area (Å²) < 4.78 is 12.1. The summed E-state index contributed by atoms with van der Waals surface area (Å²) in [5.41, 5.74) is 6.36. The molecule has 0 aliphatic carbocycles. The number of nitrogen functional groups attached to an aromatic ring is 1. The van der Waals surface area contributed by atoms with Gasteiger partial charge in [-0.3, -0.25) is 4.21 Å². The van der Waals surface area contributed by atoms with Crippen LogP contribution in [0, 0.1) is 0 Å². The molecule has 1 aromatic heterocycles. The molecule has 1 aromatic carbocycles. The summed E-state index contributed by atoms with van der Waals surface area (Å²) in [6, 6.07) is 10.6. The Kier molecular flexibility index (Phi) is 3.76. The van der Waals surface area contributed by atoms with E-state index in [-0.39, 0.29) is 0 Å². The van der Waals surface area contributed by atoms with Gasteiger partial charge >= 0.3 is 0 Å². The Hall–Kier alpha value is -1.39.